The summed E-state index contributed by atoms with van der Waals surface area (Å²) in [7, 11) is -2.52. The fourth-order valence-electron chi connectivity index (χ4n) is 3.04. The van der Waals surface area contributed by atoms with Crippen molar-refractivity contribution in [2.75, 3.05) is 13.6 Å². The number of amides is 1. The molecule has 3 rings (SSSR count). The van der Waals surface area contributed by atoms with Gasteiger partial charge >= 0.3 is 0 Å². The number of halogens is 1. The molecule has 0 radical (unpaired) electrons. The van der Waals surface area contributed by atoms with Gasteiger partial charge < -0.3 is 5.32 Å². The number of nitrogens with one attached hydrogen (secondary N) is 1. The summed E-state index contributed by atoms with van der Waals surface area (Å²) in [6.07, 6.45) is 0. The summed E-state index contributed by atoms with van der Waals surface area (Å²) in [4.78, 5) is 12.8. The number of hydrogen-bond acceptors (Lipinski definition) is 4. The fraction of sp³-hybridized carbons (Fsp3) is 0.130. The quantitative estimate of drug-likeness (QED) is 0.536. The van der Waals surface area contributed by atoms with Crippen LogP contribution in [0.25, 0.3) is 0 Å². The van der Waals surface area contributed by atoms with E-state index in [1.54, 1.807) is 0 Å². The summed E-state index contributed by atoms with van der Waals surface area (Å²) in [5, 5.41) is 11.8. The van der Waals surface area contributed by atoms with Crippen molar-refractivity contribution in [2.24, 2.45) is 0 Å². The summed E-state index contributed by atoms with van der Waals surface area (Å²) in [5.74, 6) is -0.434. The molecule has 0 bridgehead atoms. The molecule has 0 saturated heterocycles. The highest BCUT2D eigenvalue weighted by Crippen LogP contribution is 2.24. The molecule has 0 saturated carbocycles. The van der Waals surface area contributed by atoms with Crippen molar-refractivity contribution in [3.05, 3.63) is 100 Å². The predicted octanol–water partition coefficient (Wildman–Crippen LogP) is 3.85. The molecule has 3 aromatic rings. The first-order valence-corrected chi connectivity index (χ1v) is 11.6. The topological polar surface area (TPSA) is 90.3 Å². The maximum Gasteiger partial charge on any atom is 0.243 e. The third-order valence-electron chi connectivity index (χ3n) is 4.70. The van der Waals surface area contributed by atoms with Crippen LogP contribution in [-0.4, -0.2) is 32.2 Å². The molecule has 158 valence electrons. The molecular formula is C23H20BrN3O3S. The Kier molecular flexibility index (Phi) is 7.23. The Balaban J connectivity index is 1.78. The normalized spacial score (nSPS) is 12.2. The molecule has 0 fully saturated rings. The maximum absolute atomic E-state index is 12.8. The predicted molar refractivity (Wildman–Crippen MR) is 122 cm³/mol. The van der Waals surface area contributed by atoms with Gasteiger partial charge in [-0.25, -0.2) is 8.42 Å². The molecule has 0 aliphatic rings. The van der Waals surface area contributed by atoms with Crippen molar-refractivity contribution in [3.63, 3.8) is 0 Å². The second-order valence-corrected chi connectivity index (χ2v) is 9.82. The molecule has 0 aromatic heterocycles. The fourth-order valence-corrected chi connectivity index (χ4v) is 4.43. The van der Waals surface area contributed by atoms with E-state index in [0.717, 1.165) is 19.9 Å². The number of nitriles is 1. The molecule has 6 nitrogen and oxygen atoms in total. The standard InChI is InChI=1S/C23H20BrN3O3S/c1-27(31(29,30)21-13-7-17(15-25)8-14-21)16-22(28)26-23(18-5-3-2-4-6-18)19-9-11-20(24)12-10-19/h2-14,23H,16H2,1H3,(H,26,28). The monoisotopic (exact) mass is 497 g/mol. The van der Waals surface area contributed by atoms with E-state index in [2.05, 4.69) is 21.2 Å². The number of sulfonamides is 1. The molecule has 1 atom stereocenters. The van der Waals surface area contributed by atoms with Crippen molar-refractivity contribution in [3.8, 4) is 6.07 Å². The first kappa shape index (κ1) is 22.7. The van der Waals surface area contributed by atoms with Gasteiger partial charge in [-0.3, -0.25) is 4.79 Å². The van der Waals surface area contributed by atoms with Crippen LogP contribution in [0.1, 0.15) is 22.7 Å². The third kappa shape index (κ3) is 5.58. The van der Waals surface area contributed by atoms with Crippen molar-refractivity contribution < 1.29 is 13.2 Å². The average molecular weight is 498 g/mol. The maximum atomic E-state index is 12.8. The van der Waals surface area contributed by atoms with Crippen LogP contribution in [0, 0.1) is 11.3 Å². The van der Waals surface area contributed by atoms with Gasteiger partial charge in [-0.2, -0.15) is 9.57 Å². The highest BCUT2D eigenvalue weighted by atomic mass is 79.9. The van der Waals surface area contributed by atoms with E-state index in [9.17, 15) is 13.2 Å². The smallest absolute Gasteiger partial charge is 0.243 e. The Morgan fingerprint density at radius 2 is 1.58 bits per heavy atom. The third-order valence-corrected chi connectivity index (χ3v) is 7.05. The summed E-state index contributed by atoms with van der Waals surface area (Å²) in [6, 6.07) is 24.2. The zero-order valence-electron chi connectivity index (χ0n) is 16.7. The Hall–Kier alpha value is -2.99. The molecule has 3 aromatic carbocycles. The van der Waals surface area contributed by atoms with Gasteiger partial charge in [0.15, 0.2) is 0 Å². The molecular weight excluding hydrogens is 478 g/mol. The summed E-state index contributed by atoms with van der Waals surface area (Å²) < 4.78 is 27.5. The lowest BCUT2D eigenvalue weighted by atomic mass is 9.99. The van der Waals surface area contributed by atoms with Crippen LogP contribution in [0.3, 0.4) is 0 Å². The number of carbonyl (C=O) groups excluding carboxylic acids is 1. The van der Waals surface area contributed by atoms with Gasteiger partial charge in [-0.1, -0.05) is 58.4 Å². The van der Waals surface area contributed by atoms with Crippen molar-refractivity contribution in [1.29, 1.82) is 5.26 Å². The van der Waals surface area contributed by atoms with Crippen LogP contribution in [0.2, 0.25) is 0 Å². The number of hydrogen-bond donors (Lipinski definition) is 1. The first-order chi connectivity index (χ1) is 14.8. The molecule has 8 heteroatoms. The van der Waals surface area contributed by atoms with E-state index in [0.29, 0.717) is 5.56 Å². The molecule has 0 aliphatic carbocycles. The Bertz CT molecular complexity index is 1190. The minimum atomic E-state index is -3.87. The Morgan fingerprint density at radius 1 is 1.00 bits per heavy atom. The zero-order valence-corrected chi connectivity index (χ0v) is 19.1. The number of carbonyl (C=O) groups is 1. The van der Waals surface area contributed by atoms with E-state index >= 15 is 0 Å². The lowest BCUT2D eigenvalue weighted by Gasteiger charge is -2.22. The van der Waals surface area contributed by atoms with Crippen LogP contribution in [0.15, 0.2) is 88.2 Å². The van der Waals surface area contributed by atoms with Gasteiger partial charge in [0, 0.05) is 11.5 Å². The van der Waals surface area contributed by atoms with Crippen molar-refractivity contribution in [2.45, 2.75) is 10.9 Å². The largest absolute Gasteiger partial charge is 0.344 e. The van der Waals surface area contributed by atoms with Crippen LogP contribution >= 0.6 is 15.9 Å². The van der Waals surface area contributed by atoms with Crippen molar-refractivity contribution in [1.82, 2.24) is 9.62 Å². The highest BCUT2D eigenvalue weighted by molar-refractivity contribution is 9.10. The summed E-state index contributed by atoms with van der Waals surface area (Å²) in [5.41, 5.74) is 2.12. The van der Waals surface area contributed by atoms with Crippen LogP contribution in [-0.2, 0) is 14.8 Å². The van der Waals surface area contributed by atoms with E-state index in [-0.39, 0.29) is 11.4 Å². The molecule has 1 N–H and O–H groups in total. The van der Waals surface area contributed by atoms with E-state index in [4.69, 9.17) is 5.26 Å². The zero-order chi connectivity index (χ0) is 22.4. The number of rotatable bonds is 7. The minimum Gasteiger partial charge on any atom is -0.344 e. The number of likely N-dealkylation sites (N-methyl/N-ethyl adjacent to an activating group) is 1. The van der Waals surface area contributed by atoms with Gasteiger partial charge in [0.05, 0.1) is 29.1 Å². The SMILES string of the molecule is CN(CC(=O)NC(c1ccccc1)c1ccc(Br)cc1)S(=O)(=O)c1ccc(C#N)cc1. The molecule has 1 unspecified atom stereocenters. The molecule has 31 heavy (non-hydrogen) atoms. The molecule has 0 heterocycles. The van der Waals surface area contributed by atoms with Gasteiger partial charge in [0.1, 0.15) is 0 Å². The van der Waals surface area contributed by atoms with Gasteiger partial charge in [-0.05, 0) is 47.5 Å². The summed E-state index contributed by atoms with van der Waals surface area (Å²) in [6.45, 7) is -0.345. The van der Waals surface area contributed by atoms with Gasteiger partial charge in [0.25, 0.3) is 0 Å². The number of benzene rings is 3. The van der Waals surface area contributed by atoms with Crippen LogP contribution < -0.4 is 5.32 Å². The Labute approximate surface area is 190 Å². The Morgan fingerprint density at radius 3 is 2.16 bits per heavy atom. The van der Waals surface area contributed by atoms with E-state index < -0.39 is 22.0 Å². The minimum absolute atomic E-state index is 0.0225. The first-order valence-electron chi connectivity index (χ1n) is 9.37. The lowest BCUT2D eigenvalue weighted by molar-refractivity contribution is -0.121. The molecule has 0 aliphatic heterocycles. The second-order valence-electron chi connectivity index (χ2n) is 6.86. The molecule has 1 amide bonds. The van der Waals surface area contributed by atoms with Crippen LogP contribution in [0.5, 0.6) is 0 Å². The lowest BCUT2D eigenvalue weighted by Crippen LogP contribution is -2.40. The average Bonchev–Trinajstić information content (AvgIpc) is 2.78. The van der Waals surface area contributed by atoms with Gasteiger partial charge in [-0.15, -0.1) is 0 Å². The van der Waals surface area contributed by atoms with E-state index in [1.807, 2.05) is 60.7 Å². The molecule has 0 spiro atoms. The highest BCUT2D eigenvalue weighted by Gasteiger charge is 2.25. The van der Waals surface area contributed by atoms with Crippen LogP contribution in [0.4, 0.5) is 0 Å². The summed E-state index contributed by atoms with van der Waals surface area (Å²) >= 11 is 3.41. The second kappa shape index (κ2) is 9.88. The van der Waals surface area contributed by atoms with Crippen molar-refractivity contribution >= 4 is 31.9 Å². The van der Waals surface area contributed by atoms with E-state index in [1.165, 1.54) is 31.3 Å². The number of nitrogens with zero attached hydrogens (tertiary/aromatic N) is 2. The van der Waals surface area contributed by atoms with Gasteiger partial charge in [0.2, 0.25) is 15.9 Å².